The number of nitro benzene ring substituents is 1. The fourth-order valence-electron chi connectivity index (χ4n) is 2.00. The summed E-state index contributed by atoms with van der Waals surface area (Å²) in [5.74, 6) is -0.129. The number of rotatable bonds is 5. The quantitative estimate of drug-likeness (QED) is 0.320. The Morgan fingerprint density at radius 2 is 2.12 bits per heavy atom. The van der Waals surface area contributed by atoms with Gasteiger partial charge in [0, 0.05) is 12.1 Å². The first-order chi connectivity index (χ1) is 12.3. The summed E-state index contributed by atoms with van der Waals surface area (Å²) in [6, 6.07) is 10.5. The molecule has 0 saturated heterocycles. The van der Waals surface area contributed by atoms with Crippen molar-refractivity contribution >= 4 is 50.9 Å². The van der Waals surface area contributed by atoms with Crippen LogP contribution in [0.25, 0.3) is 6.08 Å². The lowest BCUT2D eigenvalue weighted by molar-refractivity contribution is -0.384. The number of anilines is 1. The van der Waals surface area contributed by atoms with Gasteiger partial charge in [-0.1, -0.05) is 17.7 Å². The lowest BCUT2D eigenvalue weighted by Gasteiger charge is -2.07. The van der Waals surface area contributed by atoms with E-state index < -0.39 is 10.8 Å². The molecule has 0 aliphatic carbocycles. The molecule has 132 valence electrons. The van der Waals surface area contributed by atoms with Crippen molar-refractivity contribution in [1.82, 2.24) is 0 Å². The molecule has 1 N–H and O–H groups in total. The van der Waals surface area contributed by atoms with Gasteiger partial charge in [-0.3, -0.25) is 14.9 Å². The topological polar surface area (TPSA) is 105 Å². The predicted octanol–water partition coefficient (Wildman–Crippen LogP) is 4.56. The van der Waals surface area contributed by atoms with Crippen LogP contribution in [0.1, 0.15) is 5.56 Å². The summed E-state index contributed by atoms with van der Waals surface area (Å²) in [4.78, 5) is 22.6. The van der Waals surface area contributed by atoms with Crippen LogP contribution in [0.3, 0.4) is 0 Å². The number of benzene rings is 2. The minimum atomic E-state index is -0.734. The summed E-state index contributed by atoms with van der Waals surface area (Å²) in [6.45, 7) is 0. The van der Waals surface area contributed by atoms with Crippen molar-refractivity contribution < 1.29 is 14.5 Å². The standard InChI is InChI=1S/C17H11BrClN3O4/c1-26-16-5-2-10(7-13(16)18)6-11(9-20)17(23)21-15-8-12(22(24)25)3-4-14(15)19/h2-8H,1H3,(H,21,23)/b11-6+. The Morgan fingerprint density at radius 3 is 2.69 bits per heavy atom. The van der Waals surface area contributed by atoms with Gasteiger partial charge in [0.05, 0.1) is 27.2 Å². The lowest BCUT2D eigenvalue weighted by Crippen LogP contribution is -2.14. The molecule has 2 aromatic carbocycles. The van der Waals surface area contributed by atoms with E-state index in [9.17, 15) is 20.2 Å². The molecule has 7 nitrogen and oxygen atoms in total. The van der Waals surface area contributed by atoms with E-state index in [0.29, 0.717) is 15.8 Å². The van der Waals surface area contributed by atoms with Crippen LogP contribution in [0.5, 0.6) is 5.75 Å². The second kappa shape index (κ2) is 8.47. The molecule has 0 unspecified atom stereocenters. The number of hydrogen-bond donors (Lipinski definition) is 1. The molecule has 9 heteroatoms. The molecule has 2 rings (SSSR count). The van der Waals surface area contributed by atoms with Gasteiger partial charge in [0.2, 0.25) is 0 Å². The zero-order valence-electron chi connectivity index (χ0n) is 13.3. The predicted molar refractivity (Wildman–Crippen MR) is 101 cm³/mol. The normalized spacial score (nSPS) is 10.8. The number of hydrogen-bond acceptors (Lipinski definition) is 5. The number of nitro groups is 1. The lowest BCUT2D eigenvalue weighted by atomic mass is 10.1. The maximum absolute atomic E-state index is 12.3. The van der Waals surface area contributed by atoms with Gasteiger partial charge in [-0.15, -0.1) is 0 Å². The van der Waals surface area contributed by atoms with Crippen molar-refractivity contribution in [3.05, 3.63) is 67.1 Å². The van der Waals surface area contributed by atoms with Crippen LogP contribution in [-0.4, -0.2) is 17.9 Å². The summed E-state index contributed by atoms with van der Waals surface area (Å²) < 4.78 is 5.78. The van der Waals surface area contributed by atoms with Crippen LogP contribution in [0, 0.1) is 21.4 Å². The summed E-state index contributed by atoms with van der Waals surface area (Å²) in [6.07, 6.45) is 1.38. The zero-order valence-corrected chi connectivity index (χ0v) is 15.7. The zero-order chi connectivity index (χ0) is 19.3. The fraction of sp³-hybridized carbons (Fsp3) is 0.0588. The Balaban J connectivity index is 2.30. The number of ether oxygens (including phenoxy) is 1. The summed E-state index contributed by atoms with van der Waals surface area (Å²) in [5, 5.41) is 22.6. The Hall–Kier alpha value is -2.89. The van der Waals surface area contributed by atoms with E-state index in [1.165, 1.54) is 25.3 Å². The monoisotopic (exact) mass is 435 g/mol. The summed E-state index contributed by atoms with van der Waals surface area (Å²) in [5.41, 5.74) is 0.216. The van der Waals surface area contributed by atoms with E-state index in [-0.39, 0.29) is 22.0 Å². The number of halogens is 2. The van der Waals surface area contributed by atoms with E-state index in [1.54, 1.807) is 24.3 Å². The molecule has 26 heavy (non-hydrogen) atoms. The van der Waals surface area contributed by atoms with E-state index in [4.69, 9.17) is 16.3 Å². The smallest absolute Gasteiger partial charge is 0.271 e. The molecule has 0 radical (unpaired) electrons. The third-order valence-corrected chi connectivity index (χ3v) is 4.21. The van der Waals surface area contributed by atoms with Gasteiger partial charge in [0.15, 0.2) is 0 Å². The first kappa shape index (κ1) is 19.4. The number of carbonyl (C=O) groups excluding carboxylic acids is 1. The molecule has 0 heterocycles. The molecule has 0 spiro atoms. The molecule has 0 saturated carbocycles. The van der Waals surface area contributed by atoms with Crippen LogP contribution in [0.15, 0.2) is 46.4 Å². The Kier molecular flexibility index (Phi) is 6.33. The third kappa shape index (κ3) is 4.59. The van der Waals surface area contributed by atoms with Crippen molar-refractivity contribution in [1.29, 1.82) is 5.26 Å². The van der Waals surface area contributed by atoms with Gasteiger partial charge in [0.25, 0.3) is 11.6 Å². The van der Waals surface area contributed by atoms with Crippen molar-refractivity contribution in [2.24, 2.45) is 0 Å². The number of amides is 1. The highest BCUT2D eigenvalue weighted by molar-refractivity contribution is 9.10. The molecule has 0 atom stereocenters. The van der Waals surface area contributed by atoms with Crippen molar-refractivity contribution in [2.75, 3.05) is 12.4 Å². The van der Waals surface area contributed by atoms with Crippen molar-refractivity contribution in [3.63, 3.8) is 0 Å². The molecular formula is C17H11BrClN3O4. The molecule has 1 amide bonds. The van der Waals surface area contributed by atoms with Crippen LogP contribution in [0.2, 0.25) is 5.02 Å². The third-order valence-electron chi connectivity index (χ3n) is 3.26. The van der Waals surface area contributed by atoms with Gasteiger partial charge in [-0.05, 0) is 45.8 Å². The van der Waals surface area contributed by atoms with Gasteiger partial charge in [0.1, 0.15) is 17.4 Å². The van der Waals surface area contributed by atoms with Crippen LogP contribution in [0.4, 0.5) is 11.4 Å². The molecule has 2 aromatic rings. The largest absolute Gasteiger partial charge is 0.496 e. The minimum Gasteiger partial charge on any atom is -0.496 e. The maximum atomic E-state index is 12.3. The second-order valence-electron chi connectivity index (χ2n) is 4.94. The number of nitriles is 1. The average molecular weight is 437 g/mol. The van der Waals surface area contributed by atoms with E-state index in [0.717, 1.165) is 6.07 Å². The highest BCUT2D eigenvalue weighted by Gasteiger charge is 2.15. The van der Waals surface area contributed by atoms with Gasteiger partial charge in [-0.25, -0.2) is 0 Å². The van der Waals surface area contributed by atoms with Crippen molar-refractivity contribution in [2.45, 2.75) is 0 Å². The molecule has 0 fully saturated rings. The number of nitrogens with zero attached hydrogens (tertiary/aromatic N) is 2. The highest BCUT2D eigenvalue weighted by Crippen LogP contribution is 2.28. The van der Waals surface area contributed by atoms with E-state index in [1.807, 2.05) is 0 Å². The van der Waals surface area contributed by atoms with Crippen molar-refractivity contribution in [3.8, 4) is 11.8 Å². The molecule has 0 bridgehead atoms. The van der Waals surface area contributed by atoms with E-state index in [2.05, 4.69) is 21.2 Å². The minimum absolute atomic E-state index is 0.0444. The number of nitrogens with one attached hydrogen (secondary N) is 1. The molecule has 0 aliphatic heterocycles. The first-order valence-electron chi connectivity index (χ1n) is 7.06. The Bertz CT molecular complexity index is 954. The first-order valence-corrected chi connectivity index (χ1v) is 8.23. The summed E-state index contributed by atoms with van der Waals surface area (Å²) in [7, 11) is 1.52. The van der Waals surface area contributed by atoms with Crippen LogP contribution in [-0.2, 0) is 4.79 Å². The molecular weight excluding hydrogens is 426 g/mol. The SMILES string of the molecule is COc1ccc(/C=C(\C#N)C(=O)Nc2cc([N+](=O)[O-])ccc2Cl)cc1Br. The average Bonchev–Trinajstić information content (AvgIpc) is 2.61. The molecule has 0 aliphatic rings. The van der Waals surface area contributed by atoms with Crippen LogP contribution < -0.4 is 10.1 Å². The highest BCUT2D eigenvalue weighted by atomic mass is 79.9. The Morgan fingerprint density at radius 1 is 1.38 bits per heavy atom. The van der Waals surface area contributed by atoms with Gasteiger partial charge >= 0.3 is 0 Å². The van der Waals surface area contributed by atoms with E-state index >= 15 is 0 Å². The fourth-order valence-corrected chi connectivity index (χ4v) is 2.72. The second-order valence-corrected chi connectivity index (χ2v) is 6.20. The Labute approximate surface area is 162 Å². The van der Waals surface area contributed by atoms with Crippen LogP contribution >= 0.6 is 27.5 Å². The maximum Gasteiger partial charge on any atom is 0.271 e. The number of carbonyl (C=O) groups is 1. The van der Waals surface area contributed by atoms with Gasteiger partial charge in [-0.2, -0.15) is 5.26 Å². The molecule has 0 aromatic heterocycles. The number of non-ortho nitro benzene ring substituents is 1. The number of methoxy groups -OCH3 is 1. The summed E-state index contributed by atoms with van der Waals surface area (Å²) >= 11 is 9.27. The van der Waals surface area contributed by atoms with Gasteiger partial charge < -0.3 is 10.1 Å².